The van der Waals surface area contributed by atoms with Crippen molar-refractivity contribution < 1.29 is 5.11 Å². The Hall–Kier alpha value is -2.97. The highest BCUT2D eigenvalue weighted by Crippen LogP contribution is 2.31. The Kier molecular flexibility index (Phi) is 4.29. The Labute approximate surface area is 156 Å². The van der Waals surface area contributed by atoms with Crippen LogP contribution in [0, 0.1) is 0 Å². The van der Waals surface area contributed by atoms with Gasteiger partial charge in [-0.1, -0.05) is 6.07 Å². The third-order valence-electron chi connectivity index (χ3n) is 4.91. The van der Waals surface area contributed by atoms with Gasteiger partial charge in [-0.25, -0.2) is 4.98 Å². The summed E-state index contributed by atoms with van der Waals surface area (Å²) in [5.74, 6) is 0.450. The number of nitrogen functional groups attached to an aromatic ring is 1. The second-order valence-corrected chi connectivity index (χ2v) is 7.10. The highest BCUT2D eigenvalue weighted by atomic mass is 16.3. The summed E-state index contributed by atoms with van der Waals surface area (Å²) in [6.07, 6.45) is 3.66. The normalized spacial score (nSPS) is 14.3. The first-order valence-corrected chi connectivity index (χ1v) is 8.86. The molecule has 0 aliphatic carbocycles. The van der Waals surface area contributed by atoms with Crippen LogP contribution in [0.3, 0.4) is 0 Å². The van der Waals surface area contributed by atoms with E-state index < -0.39 is 6.23 Å². The molecule has 3 aromatic heterocycles. The third kappa shape index (κ3) is 3.13. The fourth-order valence-corrected chi connectivity index (χ4v) is 3.23. The van der Waals surface area contributed by atoms with Gasteiger partial charge in [0.05, 0.1) is 22.6 Å². The summed E-state index contributed by atoms with van der Waals surface area (Å²) < 4.78 is 1.86. The molecule has 8 nitrogen and oxygen atoms in total. The predicted octanol–water partition coefficient (Wildman–Crippen LogP) is 2.39. The van der Waals surface area contributed by atoms with Crippen LogP contribution in [0.15, 0.2) is 36.7 Å². The Morgan fingerprint density at radius 1 is 1.26 bits per heavy atom. The van der Waals surface area contributed by atoms with Crippen LogP contribution in [-0.4, -0.2) is 55.3 Å². The molecule has 0 fully saturated rings. The average molecular weight is 365 g/mol. The second-order valence-electron chi connectivity index (χ2n) is 7.10. The van der Waals surface area contributed by atoms with Crippen molar-refractivity contribution in [3.8, 4) is 11.3 Å². The molecule has 3 heterocycles. The van der Waals surface area contributed by atoms with Gasteiger partial charge in [0, 0.05) is 29.8 Å². The summed E-state index contributed by atoms with van der Waals surface area (Å²) in [6.45, 7) is 2.03. The topological polar surface area (TPSA) is 109 Å². The number of benzene rings is 1. The van der Waals surface area contributed by atoms with E-state index in [-0.39, 0.29) is 6.04 Å². The number of aromatic amines is 1. The molecule has 4 aromatic rings. The van der Waals surface area contributed by atoms with E-state index in [0.29, 0.717) is 12.2 Å². The fourth-order valence-electron chi connectivity index (χ4n) is 3.23. The molecular formula is C19H23N7O. The molecule has 27 heavy (non-hydrogen) atoms. The molecule has 140 valence electrons. The third-order valence-corrected chi connectivity index (χ3v) is 4.91. The Morgan fingerprint density at radius 2 is 2.07 bits per heavy atom. The number of aliphatic hydroxyl groups excluding tert-OH is 1. The standard InChI is InChI=1S/C19H23N7O/c1-11(8-17(27)25(2)3)26-10-14-18(24-26)13-5-4-12(15-6-7-21-23-15)9-16(13)22-19(14)20/h4-7,9-11,17,27H,8H2,1-3H3,(H2,20,22)(H,21,23). The first kappa shape index (κ1) is 17.4. The Bertz CT molecular complexity index is 1080. The zero-order chi connectivity index (χ0) is 19.1. The van der Waals surface area contributed by atoms with Crippen molar-refractivity contribution in [1.82, 2.24) is 29.9 Å². The Balaban J connectivity index is 1.78. The predicted molar refractivity (Wildman–Crippen MR) is 106 cm³/mol. The van der Waals surface area contributed by atoms with Gasteiger partial charge in [0.25, 0.3) is 0 Å². The number of pyridine rings is 1. The first-order chi connectivity index (χ1) is 12.9. The number of fused-ring (bicyclic) bond motifs is 3. The second kappa shape index (κ2) is 6.64. The molecule has 0 spiro atoms. The molecular weight excluding hydrogens is 342 g/mol. The summed E-state index contributed by atoms with van der Waals surface area (Å²) in [7, 11) is 3.70. The van der Waals surface area contributed by atoms with Gasteiger partial charge in [0.1, 0.15) is 17.6 Å². The van der Waals surface area contributed by atoms with Crippen LogP contribution in [-0.2, 0) is 0 Å². The van der Waals surface area contributed by atoms with Crippen molar-refractivity contribution in [1.29, 1.82) is 0 Å². The van der Waals surface area contributed by atoms with Crippen LogP contribution in [0.2, 0.25) is 0 Å². The van der Waals surface area contributed by atoms with E-state index in [1.165, 1.54) is 0 Å². The van der Waals surface area contributed by atoms with Gasteiger partial charge in [-0.2, -0.15) is 10.2 Å². The number of hydrogen-bond donors (Lipinski definition) is 3. The SMILES string of the molecule is CC(CC(O)N(C)C)n1cc2c(N)nc3cc(-c4ccn[nH]4)ccc3c2n1. The molecule has 2 unspecified atom stereocenters. The number of hydrogen-bond acceptors (Lipinski definition) is 6. The summed E-state index contributed by atoms with van der Waals surface area (Å²) >= 11 is 0. The summed E-state index contributed by atoms with van der Waals surface area (Å²) in [4.78, 5) is 6.35. The van der Waals surface area contributed by atoms with Crippen LogP contribution in [0.4, 0.5) is 5.82 Å². The maximum absolute atomic E-state index is 10.1. The smallest absolute Gasteiger partial charge is 0.135 e. The van der Waals surface area contributed by atoms with E-state index in [4.69, 9.17) is 10.8 Å². The molecule has 0 bridgehead atoms. The summed E-state index contributed by atoms with van der Waals surface area (Å²) in [5.41, 5.74) is 9.74. The van der Waals surface area contributed by atoms with Gasteiger partial charge >= 0.3 is 0 Å². The van der Waals surface area contributed by atoms with E-state index in [0.717, 1.165) is 33.1 Å². The Morgan fingerprint density at radius 3 is 2.78 bits per heavy atom. The van der Waals surface area contributed by atoms with Crippen molar-refractivity contribution in [2.24, 2.45) is 0 Å². The number of H-pyrrole nitrogens is 1. The van der Waals surface area contributed by atoms with Crippen molar-refractivity contribution in [3.63, 3.8) is 0 Å². The van der Waals surface area contributed by atoms with E-state index in [9.17, 15) is 5.11 Å². The lowest BCUT2D eigenvalue weighted by Gasteiger charge is -2.22. The first-order valence-electron chi connectivity index (χ1n) is 8.86. The minimum absolute atomic E-state index is 0.0218. The number of anilines is 1. The van der Waals surface area contributed by atoms with E-state index in [2.05, 4.69) is 15.2 Å². The molecule has 4 rings (SSSR count). The van der Waals surface area contributed by atoms with Gasteiger partial charge in [-0.15, -0.1) is 0 Å². The summed E-state index contributed by atoms with van der Waals surface area (Å²) in [6, 6.07) is 7.95. The van der Waals surface area contributed by atoms with Crippen LogP contribution >= 0.6 is 0 Å². The number of nitrogens with one attached hydrogen (secondary N) is 1. The largest absolute Gasteiger partial charge is 0.383 e. The van der Waals surface area contributed by atoms with Crippen molar-refractivity contribution in [2.45, 2.75) is 25.6 Å². The van der Waals surface area contributed by atoms with Crippen molar-refractivity contribution in [2.75, 3.05) is 19.8 Å². The monoisotopic (exact) mass is 365 g/mol. The number of rotatable bonds is 5. The highest BCUT2D eigenvalue weighted by Gasteiger charge is 2.17. The number of aliphatic hydroxyl groups is 1. The molecule has 2 atom stereocenters. The van der Waals surface area contributed by atoms with Crippen molar-refractivity contribution >= 4 is 27.6 Å². The van der Waals surface area contributed by atoms with Crippen molar-refractivity contribution in [3.05, 3.63) is 36.7 Å². The maximum Gasteiger partial charge on any atom is 0.135 e. The maximum atomic E-state index is 10.1. The minimum Gasteiger partial charge on any atom is -0.383 e. The lowest BCUT2D eigenvalue weighted by molar-refractivity contribution is 0.0218. The van der Waals surface area contributed by atoms with E-state index in [1.54, 1.807) is 11.1 Å². The van der Waals surface area contributed by atoms with Crippen LogP contribution in [0.1, 0.15) is 19.4 Å². The van der Waals surface area contributed by atoms with E-state index >= 15 is 0 Å². The molecule has 0 aliphatic rings. The number of aromatic nitrogens is 5. The van der Waals surface area contributed by atoms with Gasteiger partial charge in [-0.05, 0) is 39.2 Å². The quantitative estimate of drug-likeness (QED) is 0.469. The molecule has 0 radical (unpaired) electrons. The van der Waals surface area contributed by atoms with Crippen LogP contribution in [0.25, 0.3) is 33.1 Å². The molecule has 0 saturated carbocycles. The molecule has 0 aliphatic heterocycles. The highest BCUT2D eigenvalue weighted by molar-refractivity contribution is 6.08. The molecule has 8 heteroatoms. The van der Waals surface area contributed by atoms with Gasteiger partial charge in [0.15, 0.2) is 0 Å². The van der Waals surface area contributed by atoms with Gasteiger partial charge < -0.3 is 10.8 Å². The summed E-state index contributed by atoms with van der Waals surface area (Å²) in [5, 5.41) is 23.6. The lowest BCUT2D eigenvalue weighted by Crippen LogP contribution is -2.30. The fraction of sp³-hybridized carbons (Fsp3) is 0.316. The molecule has 0 amide bonds. The minimum atomic E-state index is -0.531. The van der Waals surface area contributed by atoms with Gasteiger partial charge in [-0.3, -0.25) is 14.7 Å². The zero-order valence-corrected chi connectivity index (χ0v) is 15.6. The van der Waals surface area contributed by atoms with E-state index in [1.807, 2.05) is 56.2 Å². The molecule has 0 saturated heterocycles. The molecule has 4 N–H and O–H groups in total. The molecule has 1 aromatic carbocycles. The van der Waals surface area contributed by atoms with Crippen LogP contribution < -0.4 is 5.73 Å². The number of nitrogens with zero attached hydrogens (tertiary/aromatic N) is 5. The van der Waals surface area contributed by atoms with Gasteiger partial charge in [0.2, 0.25) is 0 Å². The lowest BCUT2D eigenvalue weighted by atomic mass is 10.1. The average Bonchev–Trinajstić information content (AvgIpc) is 3.31. The number of nitrogens with two attached hydrogens (primary N) is 1. The van der Waals surface area contributed by atoms with Crippen LogP contribution in [0.5, 0.6) is 0 Å². The zero-order valence-electron chi connectivity index (χ0n) is 15.6.